The summed E-state index contributed by atoms with van der Waals surface area (Å²) in [5, 5.41) is 0. The molecule has 0 saturated carbocycles. The first kappa shape index (κ1) is 14.7. The van der Waals surface area contributed by atoms with Gasteiger partial charge in [0.25, 0.3) is 0 Å². The van der Waals surface area contributed by atoms with E-state index in [0.29, 0.717) is 0 Å². The zero-order chi connectivity index (χ0) is 8.81. The summed E-state index contributed by atoms with van der Waals surface area (Å²) in [5.41, 5.74) is 0. The molecule has 1 atom stereocenters. The van der Waals surface area contributed by atoms with Crippen LogP contribution in [-0.4, -0.2) is 19.3 Å². The molecule has 1 aliphatic heterocycles. The summed E-state index contributed by atoms with van der Waals surface area (Å²) in [6, 6.07) is 0. The van der Waals surface area contributed by atoms with E-state index in [2.05, 4.69) is 34.1 Å². The van der Waals surface area contributed by atoms with Crippen LogP contribution in [0.2, 0.25) is 0 Å². The molecule has 3 nitrogen and oxygen atoms in total. The second-order valence-electron chi connectivity index (χ2n) is 2.42. The number of ether oxygens (including phenoxy) is 1. The molecule has 1 aliphatic rings. The molecule has 78 valence electrons. The lowest BCUT2D eigenvalue weighted by molar-refractivity contribution is -0.111. The van der Waals surface area contributed by atoms with Crippen LogP contribution in [0.25, 0.3) is 0 Å². The number of hydrogen-bond acceptors (Lipinski definition) is 5. The molecule has 0 bridgehead atoms. The Kier molecular flexibility index (Phi) is 10.2. The molecule has 0 aromatic rings. The Morgan fingerprint density at radius 3 is 2.77 bits per heavy atom. The normalized spacial score (nSPS) is 22.2. The minimum Gasteiger partial charge on any atom is -0.375 e. The monoisotopic (exact) mass is 354 g/mol. The molecule has 0 aromatic heterocycles. The molecule has 1 heterocycles. The third kappa shape index (κ3) is 6.01. The predicted octanol–water partition coefficient (Wildman–Crippen LogP) is 2.57. The molecular formula is C5H12BIO3S3. The molecule has 13 heavy (non-hydrogen) atoms. The average molecular weight is 354 g/mol. The van der Waals surface area contributed by atoms with E-state index in [4.69, 9.17) is 13.5 Å². The molecule has 0 aliphatic carbocycles. The van der Waals surface area contributed by atoms with Crippen LogP contribution in [0.15, 0.2) is 0 Å². The van der Waals surface area contributed by atoms with Crippen molar-refractivity contribution < 1.29 is 13.5 Å². The highest BCUT2D eigenvalue weighted by Gasteiger charge is 2.24. The Labute approximate surface area is 108 Å². The maximum Gasteiger partial charge on any atom is 0.555 e. The summed E-state index contributed by atoms with van der Waals surface area (Å²) in [6.45, 7) is 0.788. The lowest BCUT2D eigenvalue weighted by Crippen LogP contribution is -2.28. The third-order valence-corrected chi connectivity index (χ3v) is 3.49. The van der Waals surface area contributed by atoms with Gasteiger partial charge in [-0.15, -0.1) is 0 Å². The van der Waals surface area contributed by atoms with Crippen molar-refractivity contribution >= 4 is 62.8 Å². The van der Waals surface area contributed by atoms with Gasteiger partial charge in [0.15, 0.2) is 0 Å². The van der Waals surface area contributed by atoms with Crippen LogP contribution in [0, 0.1) is 0 Å². The van der Waals surface area contributed by atoms with E-state index < -0.39 is 0 Å². The van der Waals surface area contributed by atoms with Gasteiger partial charge in [-0.1, -0.05) is 8.78 Å². The molecule has 0 aromatic carbocycles. The molecule has 1 unspecified atom stereocenters. The smallest absolute Gasteiger partial charge is 0.375 e. The third-order valence-electron chi connectivity index (χ3n) is 1.56. The lowest BCUT2D eigenvalue weighted by Gasteiger charge is -2.23. The fourth-order valence-electron chi connectivity index (χ4n) is 1.00. The molecule has 8 heteroatoms. The molecule has 0 N–H and O–H groups in total. The Bertz CT molecular complexity index is 124. The van der Waals surface area contributed by atoms with Crippen LogP contribution in [0.1, 0.15) is 19.3 Å². The molecule has 1 rings (SSSR count). The van der Waals surface area contributed by atoms with E-state index in [1.54, 1.807) is 0 Å². The molecule has 1 saturated heterocycles. The van der Waals surface area contributed by atoms with Gasteiger partial charge in [-0.2, -0.15) is 13.5 Å². The zero-order valence-electron chi connectivity index (χ0n) is 6.94. The van der Waals surface area contributed by atoms with Crippen LogP contribution >= 0.6 is 56.4 Å². The first-order valence-electron chi connectivity index (χ1n) is 3.71. The highest BCUT2D eigenvalue weighted by molar-refractivity contribution is 14.2. The lowest BCUT2D eigenvalue weighted by atomic mass is 10.2. The number of halogens is 1. The minimum atomic E-state index is -0.336. The van der Waals surface area contributed by atoms with Crippen LogP contribution < -0.4 is 0 Å². The molecule has 0 radical (unpaired) electrons. The van der Waals surface area contributed by atoms with Crippen molar-refractivity contribution in [2.24, 2.45) is 0 Å². The first-order valence-corrected chi connectivity index (χ1v) is 7.50. The Morgan fingerprint density at radius 1 is 1.54 bits per heavy atom. The summed E-state index contributed by atoms with van der Waals surface area (Å²) in [4.78, 5) is 0. The van der Waals surface area contributed by atoms with Crippen LogP contribution in [0.5, 0.6) is 0 Å². The van der Waals surface area contributed by atoms with Gasteiger partial charge in [-0.3, -0.25) is 0 Å². The Balaban J connectivity index is 0.00000144. The zero-order valence-corrected chi connectivity index (χ0v) is 11.8. The van der Waals surface area contributed by atoms with Gasteiger partial charge in [0.05, 0.1) is 0 Å². The molecule has 1 fully saturated rings. The fourth-order valence-corrected chi connectivity index (χ4v) is 2.55. The highest BCUT2D eigenvalue weighted by Crippen LogP contribution is 2.23. The van der Waals surface area contributed by atoms with Crippen molar-refractivity contribution in [3.05, 3.63) is 0 Å². The van der Waals surface area contributed by atoms with Gasteiger partial charge in [0, 0.05) is 6.61 Å². The van der Waals surface area contributed by atoms with Gasteiger partial charge < -0.3 is 13.5 Å². The molecule has 0 amide bonds. The van der Waals surface area contributed by atoms with Crippen LogP contribution in [0.4, 0.5) is 0 Å². The maximum absolute atomic E-state index is 5.42. The predicted molar refractivity (Wildman–Crippen MR) is 72.5 cm³/mol. The SMILES string of the molecule is S.SOB(OC1CCCCO1)SI. The van der Waals surface area contributed by atoms with Gasteiger partial charge in [0.2, 0.25) is 0 Å². The van der Waals surface area contributed by atoms with E-state index in [-0.39, 0.29) is 26.2 Å². The van der Waals surface area contributed by atoms with Gasteiger partial charge in [-0.25, -0.2) is 0 Å². The van der Waals surface area contributed by atoms with Crippen molar-refractivity contribution in [2.45, 2.75) is 25.6 Å². The van der Waals surface area contributed by atoms with Gasteiger partial charge in [-0.05, 0) is 53.4 Å². The second kappa shape index (κ2) is 8.99. The quantitative estimate of drug-likeness (QED) is 0.364. The van der Waals surface area contributed by atoms with E-state index in [1.165, 1.54) is 8.78 Å². The van der Waals surface area contributed by atoms with Crippen molar-refractivity contribution in [3.8, 4) is 0 Å². The van der Waals surface area contributed by atoms with Crippen LogP contribution in [0.3, 0.4) is 0 Å². The maximum atomic E-state index is 5.42. The van der Waals surface area contributed by atoms with E-state index in [9.17, 15) is 0 Å². The van der Waals surface area contributed by atoms with E-state index >= 15 is 0 Å². The van der Waals surface area contributed by atoms with Crippen LogP contribution in [-0.2, 0) is 13.5 Å². The molecule has 0 spiro atoms. The van der Waals surface area contributed by atoms with E-state index in [0.717, 1.165) is 25.9 Å². The van der Waals surface area contributed by atoms with Gasteiger partial charge >= 0.3 is 6.40 Å². The summed E-state index contributed by atoms with van der Waals surface area (Å²) in [6.07, 6.45) is 2.79. The van der Waals surface area contributed by atoms with Gasteiger partial charge in [0.1, 0.15) is 6.29 Å². The average Bonchev–Trinajstić information content (AvgIpc) is 2.16. The largest absolute Gasteiger partial charge is 0.555 e. The summed E-state index contributed by atoms with van der Waals surface area (Å²) >= 11 is 5.80. The van der Waals surface area contributed by atoms with Crippen molar-refractivity contribution in [1.82, 2.24) is 0 Å². The number of thiol groups is 1. The Morgan fingerprint density at radius 2 is 2.31 bits per heavy atom. The molecular weight excluding hydrogens is 342 g/mol. The summed E-state index contributed by atoms with van der Waals surface area (Å²) < 4.78 is 15.5. The second-order valence-corrected chi connectivity index (χ2v) is 4.71. The van der Waals surface area contributed by atoms with E-state index in [1.807, 2.05) is 0 Å². The topological polar surface area (TPSA) is 27.7 Å². The highest BCUT2D eigenvalue weighted by atomic mass is 127. The Hall–Kier alpha value is 1.72. The minimum absolute atomic E-state index is 0. The number of rotatable bonds is 4. The fraction of sp³-hybridized carbons (Fsp3) is 1.00. The summed E-state index contributed by atoms with van der Waals surface area (Å²) in [7, 11) is 1.43. The van der Waals surface area contributed by atoms with Crippen molar-refractivity contribution in [1.29, 1.82) is 0 Å². The van der Waals surface area contributed by atoms with Crippen molar-refractivity contribution in [2.75, 3.05) is 6.61 Å². The standard InChI is InChI=1S/C5H10BIO3S2.H2S/c7-12-6(10-11)9-5-3-1-2-4-8-5;/h5,11H,1-4H2;1H2. The summed E-state index contributed by atoms with van der Waals surface area (Å²) in [5.74, 6) is 0. The first-order chi connectivity index (χ1) is 5.86. The van der Waals surface area contributed by atoms with Crippen molar-refractivity contribution in [3.63, 3.8) is 0 Å². The number of hydrogen-bond donors (Lipinski definition) is 1.